The van der Waals surface area contributed by atoms with Crippen molar-refractivity contribution in [1.82, 2.24) is 15.3 Å². The van der Waals surface area contributed by atoms with Crippen molar-refractivity contribution >= 4 is 33.8 Å². The molecule has 6 heteroatoms. The van der Waals surface area contributed by atoms with Gasteiger partial charge in [0.1, 0.15) is 4.88 Å². The van der Waals surface area contributed by atoms with Gasteiger partial charge in [0, 0.05) is 49.3 Å². The van der Waals surface area contributed by atoms with Crippen LogP contribution in [0.5, 0.6) is 0 Å². The van der Waals surface area contributed by atoms with E-state index in [4.69, 9.17) is 0 Å². The Balaban J connectivity index is 1.67. The molecular formula is C23H24N4OS. The summed E-state index contributed by atoms with van der Waals surface area (Å²) >= 11 is 1.38. The summed E-state index contributed by atoms with van der Waals surface area (Å²) in [7, 11) is 4.06. The molecule has 0 spiro atoms. The average molecular weight is 405 g/mol. The first kappa shape index (κ1) is 19.2. The van der Waals surface area contributed by atoms with Gasteiger partial charge in [-0.2, -0.15) is 0 Å². The minimum atomic E-state index is -0.0697. The molecule has 148 valence electrons. The molecule has 4 aromatic rings. The number of fused-ring (bicyclic) bond motifs is 1. The first-order valence-electron chi connectivity index (χ1n) is 9.56. The predicted molar refractivity (Wildman–Crippen MR) is 120 cm³/mol. The maximum atomic E-state index is 12.7. The third kappa shape index (κ3) is 3.89. The Morgan fingerprint density at radius 3 is 2.62 bits per heavy atom. The molecule has 2 aromatic heterocycles. The second-order valence-electron chi connectivity index (χ2n) is 7.31. The number of carbonyl (C=O) groups excluding carboxylic acids is 1. The van der Waals surface area contributed by atoms with Crippen molar-refractivity contribution < 1.29 is 4.79 Å². The van der Waals surface area contributed by atoms with E-state index in [0.29, 0.717) is 11.4 Å². The van der Waals surface area contributed by atoms with E-state index in [2.05, 4.69) is 62.8 Å². The lowest BCUT2D eigenvalue weighted by molar-refractivity contribution is 0.0955. The normalized spacial score (nSPS) is 12.1. The van der Waals surface area contributed by atoms with Gasteiger partial charge in [-0.3, -0.25) is 4.79 Å². The van der Waals surface area contributed by atoms with Crippen molar-refractivity contribution in [2.75, 3.05) is 25.5 Å². The topological polar surface area (TPSA) is 61.0 Å². The van der Waals surface area contributed by atoms with E-state index < -0.39 is 0 Å². The Morgan fingerprint density at radius 1 is 1.17 bits per heavy atom. The minimum absolute atomic E-state index is 0.0412. The molecule has 1 unspecified atom stereocenters. The zero-order valence-corrected chi connectivity index (χ0v) is 17.6. The van der Waals surface area contributed by atoms with Crippen LogP contribution < -0.4 is 10.2 Å². The number of benzene rings is 2. The van der Waals surface area contributed by atoms with Crippen LogP contribution in [-0.2, 0) is 0 Å². The molecule has 0 saturated carbocycles. The van der Waals surface area contributed by atoms with Crippen molar-refractivity contribution in [3.8, 4) is 0 Å². The molecular weight excluding hydrogens is 380 g/mol. The SMILES string of the molecule is Cc1ncsc1C(=O)NCC(c1ccc(N(C)C)cc1)c1c[nH]c2ccccc12. The molecule has 4 rings (SSSR count). The summed E-state index contributed by atoms with van der Waals surface area (Å²) in [6.07, 6.45) is 2.05. The minimum Gasteiger partial charge on any atom is -0.378 e. The Labute approximate surface area is 174 Å². The van der Waals surface area contributed by atoms with Crippen LogP contribution in [0.2, 0.25) is 0 Å². The predicted octanol–water partition coefficient (Wildman–Crippen LogP) is 4.56. The van der Waals surface area contributed by atoms with E-state index in [0.717, 1.165) is 16.9 Å². The number of anilines is 1. The van der Waals surface area contributed by atoms with Crippen molar-refractivity contribution in [1.29, 1.82) is 0 Å². The van der Waals surface area contributed by atoms with Gasteiger partial charge in [-0.15, -0.1) is 11.3 Å². The third-order valence-electron chi connectivity index (χ3n) is 5.23. The van der Waals surface area contributed by atoms with Crippen molar-refractivity contribution in [3.63, 3.8) is 0 Å². The van der Waals surface area contributed by atoms with Gasteiger partial charge >= 0.3 is 0 Å². The zero-order chi connectivity index (χ0) is 20.4. The van der Waals surface area contributed by atoms with E-state index in [1.165, 1.54) is 27.8 Å². The fraction of sp³-hybridized carbons (Fsp3) is 0.217. The smallest absolute Gasteiger partial charge is 0.263 e. The lowest BCUT2D eigenvalue weighted by Gasteiger charge is -2.20. The van der Waals surface area contributed by atoms with Gasteiger partial charge in [-0.1, -0.05) is 30.3 Å². The molecule has 2 N–H and O–H groups in total. The molecule has 2 aromatic carbocycles. The molecule has 0 aliphatic heterocycles. The molecule has 0 aliphatic rings. The van der Waals surface area contributed by atoms with Gasteiger partial charge in [0.15, 0.2) is 0 Å². The second-order valence-corrected chi connectivity index (χ2v) is 8.16. The first-order chi connectivity index (χ1) is 14.0. The number of aromatic amines is 1. The summed E-state index contributed by atoms with van der Waals surface area (Å²) in [6.45, 7) is 2.38. The number of H-pyrrole nitrogens is 1. The maximum Gasteiger partial charge on any atom is 0.263 e. The molecule has 5 nitrogen and oxygen atoms in total. The van der Waals surface area contributed by atoms with E-state index in [9.17, 15) is 4.79 Å². The van der Waals surface area contributed by atoms with Crippen molar-refractivity contribution in [2.45, 2.75) is 12.8 Å². The molecule has 0 aliphatic carbocycles. The number of aryl methyl sites for hydroxylation is 1. The van der Waals surface area contributed by atoms with Crippen LogP contribution in [-0.4, -0.2) is 36.5 Å². The highest BCUT2D eigenvalue weighted by Crippen LogP contribution is 2.31. The lowest BCUT2D eigenvalue weighted by atomic mass is 9.90. The van der Waals surface area contributed by atoms with Crippen LogP contribution in [0.3, 0.4) is 0 Å². The summed E-state index contributed by atoms with van der Waals surface area (Å²) in [4.78, 5) is 23.0. The Kier molecular flexibility index (Phi) is 5.36. The number of amides is 1. The summed E-state index contributed by atoms with van der Waals surface area (Å²) in [6, 6.07) is 16.8. The third-order valence-corrected chi connectivity index (χ3v) is 6.15. The van der Waals surface area contributed by atoms with Crippen LogP contribution in [0, 0.1) is 6.92 Å². The number of aromatic nitrogens is 2. The molecule has 1 atom stereocenters. The molecule has 0 saturated heterocycles. The Bertz CT molecular complexity index is 1130. The van der Waals surface area contributed by atoms with E-state index in [1.54, 1.807) is 5.51 Å². The molecule has 0 radical (unpaired) electrons. The number of thiazole rings is 1. The maximum absolute atomic E-state index is 12.7. The quantitative estimate of drug-likeness (QED) is 0.495. The fourth-order valence-corrected chi connectivity index (χ4v) is 4.31. The molecule has 1 amide bonds. The number of rotatable bonds is 6. The number of para-hydroxylation sites is 1. The van der Waals surface area contributed by atoms with Gasteiger partial charge in [0.05, 0.1) is 11.2 Å². The van der Waals surface area contributed by atoms with Gasteiger partial charge < -0.3 is 15.2 Å². The van der Waals surface area contributed by atoms with E-state index in [1.807, 2.05) is 33.2 Å². The number of carbonyl (C=O) groups is 1. The van der Waals surface area contributed by atoms with Crippen LogP contribution >= 0.6 is 11.3 Å². The molecule has 29 heavy (non-hydrogen) atoms. The van der Waals surface area contributed by atoms with Gasteiger partial charge in [0.25, 0.3) is 5.91 Å². The van der Waals surface area contributed by atoms with Crippen LogP contribution in [0.25, 0.3) is 10.9 Å². The van der Waals surface area contributed by atoms with E-state index >= 15 is 0 Å². The number of hydrogen-bond acceptors (Lipinski definition) is 4. The van der Waals surface area contributed by atoms with Gasteiger partial charge in [-0.05, 0) is 36.2 Å². The van der Waals surface area contributed by atoms with Crippen LogP contribution in [0.1, 0.15) is 32.4 Å². The highest BCUT2D eigenvalue weighted by molar-refractivity contribution is 7.11. The second kappa shape index (κ2) is 8.09. The summed E-state index contributed by atoms with van der Waals surface area (Å²) in [5, 5.41) is 4.30. The fourth-order valence-electron chi connectivity index (χ4n) is 3.59. The Morgan fingerprint density at radius 2 is 1.93 bits per heavy atom. The summed E-state index contributed by atoms with van der Waals surface area (Å²) in [5.41, 5.74) is 7.08. The lowest BCUT2D eigenvalue weighted by Crippen LogP contribution is -2.28. The molecule has 0 bridgehead atoms. The average Bonchev–Trinajstić information content (AvgIpc) is 3.35. The molecule has 0 fully saturated rings. The van der Waals surface area contributed by atoms with Crippen molar-refractivity contribution in [3.05, 3.63) is 81.9 Å². The molecule has 2 heterocycles. The monoisotopic (exact) mass is 404 g/mol. The highest BCUT2D eigenvalue weighted by atomic mass is 32.1. The van der Waals surface area contributed by atoms with Gasteiger partial charge in [0.2, 0.25) is 0 Å². The van der Waals surface area contributed by atoms with Crippen LogP contribution in [0.15, 0.2) is 60.2 Å². The zero-order valence-electron chi connectivity index (χ0n) is 16.8. The van der Waals surface area contributed by atoms with E-state index in [-0.39, 0.29) is 11.8 Å². The number of nitrogens with one attached hydrogen (secondary N) is 2. The largest absolute Gasteiger partial charge is 0.378 e. The van der Waals surface area contributed by atoms with Gasteiger partial charge in [-0.25, -0.2) is 4.98 Å². The van der Waals surface area contributed by atoms with Crippen LogP contribution in [0.4, 0.5) is 5.69 Å². The first-order valence-corrected chi connectivity index (χ1v) is 10.4. The van der Waals surface area contributed by atoms with Crippen molar-refractivity contribution in [2.24, 2.45) is 0 Å². The number of hydrogen-bond donors (Lipinski definition) is 2. The standard InChI is InChI=1S/C23H24N4OS/c1-15-22(29-14-26-15)23(28)25-12-19(16-8-10-17(11-9-16)27(2)3)20-13-24-21-7-5-4-6-18(20)21/h4-11,13-14,19,24H,12H2,1-3H3,(H,25,28). The number of nitrogens with zero attached hydrogens (tertiary/aromatic N) is 2. The summed E-state index contributed by atoms with van der Waals surface area (Å²) in [5.74, 6) is -0.0284. The highest BCUT2D eigenvalue weighted by Gasteiger charge is 2.20. The Hall–Kier alpha value is -3.12. The summed E-state index contributed by atoms with van der Waals surface area (Å²) < 4.78 is 0.